The van der Waals surface area contributed by atoms with Crippen molar-refractivity contribution in [2.45, 2.75) is 19.9 Å². The number of rotatable bonds is 9. The smallest absolute Gasteiger partial charge is 0.241 e. The summed E-state index contributed by atoms with van der Waals surface area (Å²) in [5.74, 6) is 0.684. The van der Waals surface area contributed by atoms with E-state index in [1.54, 1.807) is 31.2 Å². The van der Waals surface area contributed by atoms with Gasteiger partial charge in [0.15, 0.2) is 0 Å². The maximum atomic E-state index is 12.4. The van der Waals surface area contributed by atoms with Crippen LogP contribution in [0, 0.1) is 6.92 Å². The molecule has 1 amide bonds. The lowest BCUT2D eigenvalue weighted by atomic mass is 10.2. The topological polar surface area (TPSA) is 84.9 Å². The number of ether oxygens (including phenoxy) is 2. The van der Waals surface area contributed by atoms with Crippen LogP contribution in [0.3, 0.4) is 0 Å². The van der Waals surface area contributed by atoms with Crippen LogP contribution in [-0.4, -0.2) is 46.9 Å². The number of carbonyl (C=O) groups excluding carboxylic acids is 1. The van der Waals surface area contributed by atoms with E-state index in [9.17, 15) is 13.2 Å². The second-order valence-electron chi connectivity index (χ2n) is 6.49. The van der Waals surface area contributed by atoms with Crippen molar-refractivity contribution in [2.75, 3.05) is 30.8 Å². The van der Waals surface area contributed by atoms with Gasteiger partial charge in [0.1, 0.15) is 24.7 Å². The number of aryl methyl sites for hydroxylation is 1. The highest BCUT2D eigenvalue weighted by atomic mass is 32.2. The minimum atomic E-state index is -3.68. The van der Waals surface area contributed by atoms with Gasteiger partial charge in [0.2, 0.25) is 15.9 Å². The van der Waals surface area contributed by atoms with Crippen molar-refractivity contribution in [3.8, 4) is 11.5 Å². The number of nitrogens with zero attached hydrogens (tertiary/aromatic N) is 1. The number of nitrogens with one attached hydrogen (secondary N) is 1. The maximum absolute atomic E-state index is 12.4. The zero-order valence-electron chi connectivity index (χ0n) is 16.5. The molecule has 0 saturated heterocycles. The Hall–Kier alpha value is -2.74. The van der Waals surface area contributed by atoms with Crippen LogP contribution in [0.15, 0.2) is 48.5 Å². The molecule has 0 aliphatic rings. The largest absolute Gasteiger partial charge is 0.495 e. The fourth-order valence-electron chi connectivity index (χ4n) is 2.64. The molecule has 2 aromatic carbocycles. The monoisotopic (exact) mass is 406 g/mol. The third kappa shape index (κ3) is 5.88. The van der Waals surface area contributed by atoms with E-state index in [-0.39, 0.29) is 19.2 Å². The van der Waals surface area contributed by atoms with Gasteiger partial charge in [-0.25, -0.2) is 8.42 Å². The highest BCUT2D eigenvalue weighted by Crippen LogP contribution is 2.29. The third-order valence-electron chi connectivity index (χ3n) is 4.03. The molecule has 0 radical (unpaired) electrons. The molecule has 8 heteroatoms. The predicted molar refractivity (Wildman–Crippen MR) is 109 cm³/mol. The van der Waals surface area contributed by atoms with Gasteiger partial charge in [0, 0.05) is 0 Å². The van der Waals surface area contributed by atoms with E-state index in [0.29, 0.717) is 11.4 Å². The van der Waals surface area contributed by atoms with Gasteiger partial charge >= 0.3 is 0 Å². The molecule has 1 N–H and O–H groups in total. The molecule has 0 saturated carbocycles. The van der Waals surface area contributed by atoms with Crippen LogP contribution < -0.4 is 19.1 Å². The van der Waals surface area contributed by atoms with E-state index in [1.807, 2.05) is 31.2 Å². The van der Waals surface area contributed by atoms with Gasteiger partial charge in [0.25, 0.3) is 0 Å². The van der Waals surface area contributed by atoms with Crippen LogP contribution >= 0.6 is 0 Å². The van der Waals surface area contributed by atoms with Gasteiger partial charge in [-0.3, -0.25) is 9.10 Å². The SMILES string of the molecule is COc1ccccc1N(CC(=O)N[C@@H](C)COc1ccccc1C)S(C)(=O)=O. The van der Waals surface area contributed by atoms with Crippen LogP contribution in [0.4, 0.5) is 5.69 Å². The number of carbonyl (C=O) groups is 1. The number of hydrogen-bond acceptors (Lipinski definition) is 5. The first-order valence-corrected chi connectivity index (χ1v) is 10.7. The Kier molecular flexibility index (Phi) is 7.28. The lowest BCUT2D eigenvalue weighted by Gasteiger charge is -2.24. The summed E-state index contributed by atoms with van der Waals surface area (Å²) in [7, 11) is -2.23. The summed E-state index contributed by atoms with van der Waals surface area (Å²) in [4.78, 5) is 12.4. The Morgan fingerprint density at radius 3 is 2.32 bits per heavy atom. The number of benzene rings is 2. The van der Waals surface area contributed by atoms with E-state index in [2.05, 4.69) is 5.32 Å². The van der Waals surface area contributed by atoms with Crippen molar-refractivity contribution < 1.29 is 22.7 Å². The average Bonchev–Trinajstić information content (AvgIpc) is 2.64. The standard InChI is InChI=1S/C20H26N2O5S/c1-15-9-5-7-11-18(15)27-14-16(2)21-20(23)13-22(28(4,24)25)17-10-6-8-12-19(17)26-3/h5-12,16H,13-14H2,1-4H3,(H,21,23)/t16-/m0/s1. The van der Waals surface area contributed by atoms with Gasteiger partial charge in [-0.05, 0) is 37.6 Å². The summed E-state index contributed by atoms with van der Waals surface area (Å²) in [6.45, 7) is 3.65. The first-order valence-electron chi connectivity index (χ1n) is 8.81. The second kappa shape index (κ2) is 9.45. The highest BCUT2D eigenvalue weighted by Gasteiger charge is 2.24. The summed E-state index contributed by atoms with van der Waals surface area (Å²) in [5, 5.41) is 2.77. The normalized spacial score (nSPS) is 12.1. The number of anilines is 1. The minimum Gasteiger partial charge on any atom is -0.495 e. The molecule has 1 atom stereocenters. The summed E-state index contributed by atoms with van der Waals surface area (Å²) < 4.78 is 36.4. The summed E-state index contributed by atoms with van der Waals surface area (Å²) in [5.41, 5.74) is 1.31. The van der Waals surface area contributed by atoms with Gasteiger partial charge in [-0.2, -0.15) is 0 Å². The van der Waals surface area contributed by atoms with E-state index < -0.39 is 15.9 Å². The fraction of sp³-hybridized carbons (Fsp3) is 0.350. The molecule has 0 spiro atoms. The van der Waals surface area contributed by atoms with Gasteiger partial charge in [-0.1, -0.05) is 30.3 Å². The number of methoxy groups -OCH3 is 1. The van der Waals surface area contributed by atoms with E-state index in [0.717, 1.165) is 21.9 Å². The molecule has 0 heterocycles. The quantitative estimate of drug-likeness (QED) is 0.691. The number of sulfonamides is 1. The molecule has 0 aromatic heterocycles. The van der Waals surface area contributed by atoms with Crippen molar-refractivity contribution in [3.05, 3.63) is 54.1 Å². The number of para-hydroxylation sites is 3. The Balaban J connectivity index is 2.03. The van der Waals surface area contributed by atoms with Crippen LogP contribution in [0.5, 0.6) is 11.5 Å². The Bertz CT molecular complexity index is 914. The fourth-order valence-corrected chi connectivity index (χ4v) is 3.50. The molecular weight excluding hydrogens is 380 g/mol. The average molecular weight is 407 g/mol. The zero-order valence-corrected chi connectivity index (χ0v) is 17.3. The van der Waals surface area contributed by atoms with Crippen molar-refractivity contribution in [2.24, 2.45) is 0 Å². The van der Waals surface area contributed by atoms with Crippen molar-refractivity contribution in [3.63, 3.8) is 0 Å². The molecule has 152 valence electrons. The van der Waals surface area contributed by atoms with Crippen LogP contribution in [-0.2, 0) is 14.8 Å². The Morgan fingerprint density at radius 2 is 1.71 bits per heavy atom. The van der Waals surface area contributed by atoms with Crippen LogP contribution in [0.1, 0.15) is 12.5 Å². The first kappa shape index (κ1) is 21.6. The van der Waals surface area contributed by atoms with Gasteiger partial charge in [-0.15, -0.1) is 0 Å². The van der Waals surface area contributed by atoms with E-state index >= 15 is 0 Å². The summed E-state index contributed by atoms with van der Waals surface area (Å²) in [6.07, 6.45) is 1.05. The molecule has 7 nitrogen and oxygen atoms in total. The summed E-state index contributed by atoms with van der Waals surface area (Å²) in [6, 6.07) is 14.0. The molecular formula is C20H26N2O5S. The maximum Gasteiger partial charge on any atom is 0.241 e. The number of amides is 1. The lowest BCUT2D eigenvalue weighted by molar-refractivity contribution is -0.120. The molecule has 28 heavy (non-hydrogen) atoms. The summed E-state index contributed by atoms with van der Waals surface area (Å²) >= 11 is 0. The molecule has 0 aliphatic carbocycles. The van der Waals surface area contributed by atoms with Crippen molar-refractivity contribution in [1.29, 1.82) is 0 Å². The predicted octanol–water partition coefficient (Wildman–Crippen LogP) is 2.35. The lowest BCUT2D eigenvalue weighted by Crippen LogP contribution is -2.45. The van der Waals surface area contributed by atoms with Crippen LogP contribution in [0.2, 0.25) is 0 Å². The molecule has 0 fully saturated rings. The number of hydrogen-bond donors (Lipinski definition) is 1. The third-order valence-corrected chi connectivity index (χ3v) is 5.16. The zero-order chi connectivity index (χ0) is 20.7. The molecule has 2 aromatic rings. The second-order valence-corrected chi connectivity index (χ2v) is 8.39. The van der Waals surface area contributed by atoms with E-state index in [4.69, 9.17) is 9.47 Å². The Morgan fingerprint density at radius 1 is 1.11 bits per heavy atom. The Labute approximate surface area is 166 Å². The first-order chi connectivity index (χ1) is 13.2. The molecule has 0 aliphatic heterocycles. The van der Waals surface area contributed by atoms with Crippen LogP contribution in [0.25, 0.3) is 0 Å². The molecule has 2 rings (SSSR count). The van der Waals surface area contributed by atoms with Gasteiger partial charge < -0.3 is 14.8 Å². The van der Waals surface area contributed by atoms with Crippen molar-refractivity contribution in [1.82, 2.24) is 5.32 Å². The van der Waals surface area contributed by atoms with Crippen molar-refractivity contribution >= 4 is 21.6 Å². The minimum absolute atomic E-state index is 0.268. The highest BCUT2D eigenvalue weighted by molar-refractivity contribution is 7.92. The molecule has 0 bridgehead atoms. The van der Waals surface area contributed by atoms with E-state index in [1.165, 1.54) is 7.11 Å². The van der Waals surface area contributed by atoms with Gasteiger partial charge in [0.05, 0.1) is 25.1 Å². The molecule has 0 unspecified atom stereocenters.